The van der Waals surface area contributed by atoms with Crippen LogP contribution in [0.1, 0.15) is 29.8 Å². The second kappa shape index (κ2) is 7.27. The van der Waals surface area contributed by atoms with Crippen molar-refractivity contribution in [2.75, 3.05) is 19.6 Å². The van der Waals surface area contributed by atoms with Crippen molar-refractivity contribution < 1.29 is 8.42 Å². The number of aromatic nitrogens is 3. The number of hydrogen-bond donors (Lipinski definition) is 1. The highest BCUT2D eigenvalue weighted by atomic mass is 32.2. The average Bonchev–Trinajstić information content (AvgIpc) is 3.01. The van der Waals surface area contributed by atoms with Crippen molar-refractivity contribution in [2.45, 2.75) is 31.2 Å². The Morgan fingerprint density at radius 1 is 1.25 bits per heavy atom. The van der Waals surface area contributed by atoms with Crippen LogP contribution in [0.4, 0.5) is 0 Å². The highest BCUT2D eigenvalue weighted by Gasteiger charge is 2.35. The van der Waals surface area contributed by atoms with Gasteiger partial charge in [0.1, 0.15) is 4.90 Å². The molecule has 28 heavy (non-hydrogen) atoms. The van der Waals surface area contributed by atoms with Crippen molar-refractivity contribution >= 4 is 21.1 Å². The molecule has 1 N–H and O–H groups in total. The van der Waals surface area contributed by atoms with E-state index >= 15 is 0 Å². The zero-order valence-electron chi connectivity index (χ0n) is 16.4. The summed E-state index contributed by atoms with van der Waals surface area (Å²) in [5.41, 5.74) is 3.70. The van der Waals surface area contributed by atoms with Crippen molar-refractivity contribution in [3.8, 4) is 0 Å². The maximum absolute atomic E-state index is 13.5. The molecule has 1 aliphatic rings. The molecule has 3 heterocycles. The van der Waals surface area contributed by atoms with Gasteiger partial charge in [-0.05, 0) is 30.5 Å². The Kier molecular flexibility index (Phi) is 4.95. The lowest BCUT2D eigenvalue weighted by atomic mass is 10.0. The van der Waals surface area contributed by atoms with Crippen LogP contribution in [0.2, 0.25) is 0 Å². The maximum atomic E-state index is 13.5. The van der Waals surface area contributed by atoms with E-state index < -0.39 is 10.0 Å². The number of aryl methyl sites for hydroxylation is 3. The lowest BCUT2D eigenvalue weighted by Gasteiger charge is -2.35. The number of hydrogen-bond acceptors (Lipinski definition) is 5. The summed E-state index contributed by atoms with van der Waals surface area (Å²) in [5, 5.41) is 8.43. The predicted octanol–water partition coefficient (Wildman–Crippen LogP) is 2.17. The summed E-state index contributed by atoms with van der Waals surface area (Å²) in [6.45, 7) is 5.62. The third-order valence-electron chi connectivity index (χ3n) is 5.41. The monoisotopic (exact) mass is 399 g/mol. The highest BCUT2D eigenvalue weighted by Crippen LogP contribution is 2.30. The van der Waals surface area contributed by atoms with E-state index in [9.17, 15) is 8.42 Å². The van der Waals surface area contributed by atoms with Crippen molar-refractivity contribution in [3.63, 3.8) is 0 Å². The van der Waals surface area contributed by atoms with Gasteiger partial charge >= 0.3 is 0 Å². The molecule has 148 valence electrons. The average molecular weight is 400 g/mol. The van der Waals surface area contributed by atoms with Crippen LogP contribution in [-0.2, 0) is 23.5 Å². The van der Waals surface area contributed by atoms with Gasteiger partial charge in [-0.25, -0.2) is 13.4 Å². The third kappa shape index (κ3) is 3.21. The van der Waals surface area contributed by atoms with Gasteiger partial charge in [0.2, 0.25) is 10.0 Å². The van der Waals surface area contributed by atoms with Crippen molar-refractivity contribution in [1.29, 1.82) is 0 Å². The molecule has 1 atom stereocenters. The molecule has 8 heteroatoms. The highest BCUT2D eigenvalue weighted by molar-refractivity contribution is 7.89. The fourth-order valence-electron chi connectivity index (χ4n) is 3.80. The number of benzene rings is 1. The predicted molar refractivity (Wildman–Crippen MR) is 109 cm³/mol. The Labute approximate surface area is 165 Å². The molecule has 0 saturated carbocycles. The summed E-state index contributed by atoms with van der Waals surface area (Å²) >= 11 is 0. The van der Waals surface area contributed by atoms with E-state index in [1.165, 1.54) is 11.8 Å². The van der Waals surface area contributed by atoms with E-state index in [4.69, 9.17) is 0 Å². The first-order valence-corrected chi connectivity index (χ1v) is 11.0. The van der Waals surface area contributed by atoms with Gasteiger partial charge in [0.25, 0.3) is 0 Å². The first-order chi connectivity index (χ1) is 13.4. The largest absolute Gasteiger partial charge is 0.313 e. The van der Waals surface area contributed by atoms with Crippen LogP contribution in [-0.4, -0.2) is 47.1 Å². The molecule has 0 amide bonds. The Bertz CT molecular complexity index is 1110. The van der Waals surface area contributed by atoms with E-state index in [0.29, 0.717) is 25.3 Å². The number of rotatable bonds is 4. The first kappa shape index (κ1) is 19.0. The van der Waals surface area contributed by atoms with Crippen molar-refractivity contribution in [2.24, 2.45) is 7.05 Å². The fraction of sp³-hybridized carbons (Fsp3) is 0.400. The summed E-state index contributed by atoms with van der Waals surface area (Å²) in [6, 6.07) is 9.66. The molecular formula is C20H25N5O2S. The van der Waals surface area contributed by atoms with Gasteiger partial charge in [-0.1, -0.05) is 31.2 Å². The molecule has 2 aromatic heterocycles. The molecule has 0 bridgehead atoms. The normalized spacial score (nSPS) is 18.6. The summed E-state index contributed by atoms with van der Waals surface area (Å²) < 4.78 is 30.2. The topological polar surface area (TPSA) is 80.1 Å². The zero-order chi connectivity index (χ0) is 19.9. The zero-order valence-corrected chi connectivity index (χ0v) is 17.2. The van der Waals surface area contributed by atoms with Gasteiger partial charge < -0.3 is 5.32 Å². The second-order valence-electron chi connectivity index (χ2n) is 7.18. The lowest BCUT2D eigenvalue weighted by molar-refractivity contribution is 0.271. The Morgan fingerprint density at radius 3 is 2.71 bits per heavy atom. The first-order valence-electron chi connectivity index (χ1n) is 9.52. The number of nitrogens with one attached hydrogen (secondary N) is 1. The van der Waals surface area contributed by atoms with E-state index in [2.05, 4.69) is 34.5 Å². The standard InChI is InChI=1S/C20H25N5O2S/c1-4-15-5-7-16(8-6-15)19-13-21-9-10-25(19)28(26,27)17-11-18-14(2)23-24(3)20(18)22-12-17/h5-8,11-12,19,21H,4,9-10,13H2,1-3H3. The van der Waals surface area contributed by atoms with Crippen molar-refractivity contribution in [3.05, 3.63) is 53.3 Å². The van der Waals surface area contributed by atoms with E-state index in [0.717, 1.165) is 23.1 Å². The quantitative estimate of drug-likeness (QED) is 0.727. The third-order valence-corrected chi connectivity index (χ3v) is 7.28. The molecule has 4 rings (SSSR count). The molecule has 7 nitrogen and oxygen atoms in total. The van der Waals surface area contributed by atoms with Crippen LogP contribution in [0.25, 0.3) is 11.0 Å². The van der Waals surface area contributed by atoms with Crippen LogP contribution in [0.15, 0.2) is 41.4 Å². The van der Waals surface area contributed by atoms with Gasteiger partial charge in [0, 0.05) is 38.3 Å². The van der Waals surface area contributed by atoms with Gasteiger partial charge in [-0.15, -0.1) is 0 Å². The Balaban J connectivity index is 1.74. The number of pyridine rings is 1. The van der Waals surface area contributed by atoms with E-state index in [-0.39, 0.29) is 10.9 Å². The number of fused-ring (bicyclic) bond motifs is 1. The number of sulfonamides is 1. The summed E-state index contributed by atoms with van der Waals surface area (Å²) in [4.78, 5) is 4.58. The number of nitrogens with zero attached hydrogens (tertiary/aromatic N) is 4. The van der Waals surface area contributed by atoms with Gasteiger partial charge in [0.05, 0.1) is 11.7 Å². The van der Waals surface area contributed by atoms with Gasteiger partial charge in [-0.3, -0.25) is 4.68 Å². The molecule has 1 saturated heterocycles. The van der Waals surface area contributed by atoms with E-state index in [1.807, 2.05) is 26.1 Å². The minimum absolute atomic E-state index is 0.216. The summed E-state index contributed by atoms with van der Waals surface area (Å²) in [6.07, 6.45) is 2.40. The van der Waals surface area contributed by atoms with E-state index in [1.54, 1.807) is 15.1 Å². The molecule has 1 unspecified atom stereocenters. The van der Waals surface area contributed by atoms with Crippen LogP contribution in [0, 0.1) is 6.92 Å². The molecule has 1 fully saturated rings. The molecule has 1 aromatic carbocycles. The number of piperazine rings is 1. The summed E-state index contributed by atoms with van der Waals surface area (Å²) in [5.74, 6) is 0. The molecule has 0 spiro atoms. The maximum Gasteiger partial charge on any atom is 0.245 e. The lowest BCUT2D eigenvalue weighted by Crippen LogP contribution is -2.48. The fourth-order valence-corrected chi connectivity index (χ4v) is 5.38. The molecule has 0 radical (unpaired) electrons. The van der Waals surface area contributed by atoms with Crippen molar-refractivity contribution in [1.82, 2.24) is 24.4 Å². The minimum atomic E-state index is -3.68. The molecular weight excluding hydrogens is 374 g/mol. The van der Waals surface area contributed by atoms with Gasteiger partial charge in [0.15, 0.2) is 5.65 Å². The van der Waals surface area contributed by atoms with Crippen LogP contribution >= 0.6 is 0 Å². The summed E-state index contributed by atoms with van der Waals surface area (Å²) in [7, 11) is -1.87. The van der Waals surface area contributed by atoms with Gasteiger partial charge in [-0.2, -0.15) is 9.40 Å². The molecule has 3 aromatic rings. The molecule has 0 aliphatic carbocycles. The van der Waals surface area contributed by atoms with Crippen LogP contribution in [0.5, 0.6) is 0 Å². The SMILES string of the molecule is CCc1ccc(C2CNCCN2S(=O)(=O)c2cnc3c(c2)c(C)nn3C)cc1. The van der Waals surface area contributed by atoms with Crippen LogP contribution < -0.4 is 5.32 Å². The van der Waals surface area contributed by atoms with Crippen LogP contribution in [0.3, 0.4) is 0 Å². The Morgan fingerprint density at radius 2 is 2.00 bits per heavy atom. The second-order valence-corrected chi connectivity index (χ2v) is 9.07. The Hall–Kier alpha value is -2.29. The minimum Gasteiger partial charge on any atom is -0.313 e. The molecule has 1 aliphatic heterocycles. The smallest absolute Gasteiger partial charge is 0.245 e.